The zero-order chi connectivity index (χ0) is 2.00. The van der Waals surface area contributed by atoms with Crippen LogP contribution in [0.25, 0.3) is 0 Å². The topological polar surface area (TPSA) is 0 Å². The van der Waals surface area contributed by atoms with Gasteiger partial charge in [-0.1, -0.05) is 0 Å². The van der Waals surface area contributed by atoms with Gasteiger partial charge in [0.2, 0.25) is 0 Å². The van der Waals surface area contributed by atoms with Crippen LogP contribution in [-0.4, -0.2) is 0 Å². The van der Waals surface area contributed by atoms with Crippen molar-refractivity contribution in [2.24, 2.45) is 0 Å². The van der Waals surface area contributed by atoms with Gasteiger partial charge in [0.05, 0.1) is 0 Å². The SMILES string of the molecule is C=C.Cl.F.F.F. The highest BCUT2D eigenvalue weighted by molar-refractivity contribution is 5.85. The Morgan fingerprint density at radius 1 is 0.667 bits per heavy atom. The summed E-state index contributed by atoms with van der Waals surface area (Å²) in [6, 6.07) is 0. The van der Waals surface area contributed by atoms with Gasteiger partial charge < -0.3 is 0 Å². The first-order valence-electron chi connectivity index (χ1n) is 0.500. The molecule has 0 fully saturated rings. The molecule has 0 spiro atoms. The molecule has 0 N–H and O–H groups in total. The quantitative estimate of drug-likeness (QED) is 0.431. The van der Waals surface area contributed by atoms with Crippen molar-refractivity contribution in [1.29, 1.82) is 0 Å². The minimum Gasteiger partial charge on any atom is -0.269 e. The number of halogens is 4. The monoisotopic (exact) mass is 124 g/mol. The van der Waals surface area contributed by atoms with Crippen molar-refractivity contribution in [3.05, 3.63) is 13.2 Å². The lowest BCUT2D eigenvalue weighted by Gasteiger charge is -0.813. The summed E-state index contributed by atoms with van der Waals surface area (Å²) in [5.74, 6) is 0. The first-order valence-corrected chi connectivity index (χ1v) is 0.500. The maximum absolute atomic E-state index is 3.00. The largest absolute Gasteiger partial charge is 0.269 e. The fourth-order valence-electron chi connectivity index (χ4n) is 0. The molecule has 0 amide bonds. The third-order valence-electron chi connectivity index (χ3n) is 0. The van der Waals surface area contributed by atoms with E-state index < -0.39 is 0 Å². The first-order chi connectivity index (χ1) is 1.00. The van der Waals surface area contributed by atoms with Gasteiger partial charge in [0.25, 0.3) is 0 Å². The summed E-state index contributed by atoms with van der Waals surface area (Å²) in [5.41, 5.74) is 0. The third kappa shape index (κ3) is 938. The molecule has 0 atom stereocenters. The van der Waals surface area contributed by atoms with Crippen LogP contribution in [-0.2, 0) is 0 Å². The lowest BCUT2D eigenvalue weighted by molar-refractivity contribution is 1.11. The molecule has 0 nitrogen and oxygen atoms in total. The molecule has 0 bridgehead atoms. The minimum atomic E-state index is 0. The number of rotatable bonds is 0. The van der Waals surface area contributed by atoms with Gasteiger partial charge in [-0.05, 0) is 0 Å². The molecular weight excluding hydrogens is 116 g/mol. The summed E-state index contributed by atoms with van der Waals surface area (Å²) < 4.78 is 0. The summed E-state index contributed by atoms with van der Waals surface area (Å²) in [5, 5.41) is 0. The van der Waals surface area contributed by atoms with Gasteiger partial charge in [-0.3, -0.25) is 14.1 Å². The second kappa shape index (κ2) is 2170. The van der Waals surface area contributed by atoms with E-state index in [2.05, 4.69) is 13.2 Å². The molecule has 0 aromatic rings. The fourth-order valence-corrected chi connectivity index (χ4v) is 0. The number of hydrogen-bond acceptors (Lipinski definition) is 0. The molecule has 0 aliphatic rings. The van der Waals surface area contributed by atoms with Crippen molar-refractivity contribution in [1.82, 2.24) is 0 Å². The Kier molecular flexibility index (Phi) is 72800. The first kappa shape index (κ1) is 201. The Balaban J connectivity index is -0.000000000833. The van der Waals surface area contributed by atoms with Crippen LogP contribution >= 0.6 is 12.4 Å². The lowest BCUT2D eigenvalue weighted by Crippen LogP contribution is -0.552. The van der Waals surface area contributed by atoms with Crippen molar-refractivity contribution in [2.45, 2.75) is 0 Å². The molecule has 0 saturated heterocycles. The van der Waals surface area contributed by atoms with Gasteiger partial charge in [-0.25, -0.2) is 0 Å². The molecule has 0 aliphatic heterocycles. The predicted molar refractivity (Wildman–Crippen MR) is 26.0 cm³/mol. The van der Waals surface area contributed by atoms with Crippen LogP contribution in [0.3, 0.4) is 0 Å². The molecule has 0 radical (unpaired) electrons. The smallest absolute Gasteiger partial charge is 0.106 e. The van der Waals surface area contributed by atoms with Gasteiger partial charge in [0, 0.05) is 0 Å². The second-order valence-electron chi connectivity index (χ2n) is 0. The van der Waals surface area contributed by atoms with E-state index in [1.54, 1.807) is 0 Å². The zero-order valence-corrected chi connectivity index (χ0v) is 3.86. The molecule has 0 aromatic carbocycles. The Labute approximate surface area is 40.8 Å². The van der Waals surface area contributed by atoms with E-state index in [-0.39, 0.29) is 26.5 Å². The summed E-state index contributed by atoms with van der Waals surface area (Å²) in [4.78, 5) is 0. The average molecular weight is 125 g/mol. The predicted octanol–water partition coefficient (Wildman–Crippen LogP) is 1.68. The summed E-state index contributed by atoms with van der Waals surface area (Å²) in [6.45, 7) is 6.00. The standard InChI is InChI=1S/C2H4.ClH.3FH/c1-2;;;;/h1-2H2;4*1H. The van der Waals surface area contributed by atoms with Crippen LogP contribution < -0.4 is 0 Å². The molecule has 0 saturated carbocycles. The third-order valence-corrected chi connectivity index (χ3v) is 0. The van der Waals surface area contributed by atoms with Gasteiger partial charge in [-0.2, -0.15) is 0 Å². The van der Waals surface area contributed by atoms with Crippen molar-refractivity contribution < 1.29 is 14.1 Å². The van der Waals surface area contributed by atoms with Crippen molar-refractivity contribution in [3.63, 3.8) is 0 Å². The van der Waals surface area contributed by atoms with Gasteiger partial charge in [-0.15, -0.1) is 25.6 Å². The van der Waals surface area contributed by atoms with E-state index in [0.717, 1.165) is 0 Å². The van der Waals surface area contributed by atoms with Gasteiger partial charge in [0.1, 0.15) is 0 Å². The Morgan fingerprint density at radius 2 is 0.667 bits per heavy atom. The van der Waals surface area contributed by atoms with Crippen LogP contribution in [0.15, 0.2) is 13.2 Å². The van der Waals surface area contributed by atoms with Gasteiger partial charge in [0.15, 0.2) is 0 Å². The van der Waals surface area contributed by atoms with E-state index in [1.165, 1.54) is 0 Å². The molecule has 0 aliphatic carbocycles. The van der Waals surface area contributed by atoms with Gasteiger partial charge >= 0.3 is 0 Å². The summed E-state index contributed by atoms with van der Waals surface area (Å²) in [7, 11) is 0. The maximum Gasteiger partial charge on any atom is -0.106 e. The molecule has 0 aromatic heterocycles. The fraction of sp³-hybridized carbons (Fsp3) is 0. The highest BCUT2D eigenvalue weighted by atomic mass is 35.5. The summed E-state index contributed by atoms with van der Waals surface area (Å²) >= 11 is 0. The lowest BCUT2D eigenvalue weighted by atomic mass is 11.3. The van der Waals surface area contributed by atoms with Crippen molar-refractivity contribution in [2.75, 3.05) is 0 Å². The summed E-state index contributed by atoms with van der Waals surface area (Å²) in [6.07, 6.45) is 0. The molecule has 0 unspecified atom stereocenters. The van der Waals surface area contributed by atoms with Crippen molar-refractivity contribution in [3.8, 4) is 0 Å². The van der Waals surface area contributed by atoms with Crippen LogP contribution in [0.4, 0.5) is 14.1 Å². The Bertz CT molecular complexity index is 8.75. The second-order valence-corrected chi connectivity index (χ2v) is 0. The van der Waals surface area contributed by atoms with Crippen LogP contribution in [0.5, 0.6) is 0 Å². The molecule has 6 heavy (non-hydrogen) atoms. The van der Waals surface area contributed by atoms with E-state index >= 15 is 0 Å². The highest BCUT2D eigenvalue weighted by Gasteiger charge is 0.601. The minimum absolute atomic E-state index is 0. The highest BCUT2D eigenvalue weighted by Crippen LogP contribution is 0.862. The zero-order valence-electron chi connectivity index (χ0n) is 3.05. The normalized spacial score (nSPS) is 0.667. The van der Waals surface area contributed by atoms with E-state index in [4.69, 9.17) is 0 Å². The Hall–Kier alpha value is -0.180. The molecular formula is C2H8ClF3. The van der Waals surface area contributed by atoms with Crippen LogP contribution in [0.2, 0.25) is 0 Å². The van der Waals surface area contributed by atoms with E-state index in [9.17, 15) is 0 Å². The average Bonchev–Trinajstić information content (AvgIpc) is 1.00. The molecule has 44 valence electrons. The molecule has 4 heteroatoms. The molecule has 0 rings (SSSR count). The van der Waals surface area contributed by atoms with Crippen molar-refractivity contribution >= 4 is 12.4 Å². The number of hydrogen-bond donors (Lipinski definition) is 0. The van der Waals surface area contributed by atoms with Crippen LogP contribution in [0.1, 0.15) is 0 Å². The van der Waals surface area contributed by atoms with E-state index in [1.807, 2.05) is 0 Å². The molecule has 0 heterocycles. The maximum atomic E-state index is 3.00. The van der Waals surface area contributed by atoms with Crippen LogP contribution in [0, 0.1) is 0 Å². The Morgan fingerprint density at radius 3 is 0.667 bits per heavy atom. The van der Waals surface area contributed by atoms with E-state index in [0.29, 0.717) is 0 Å².